The van der Waals surface area contributed by atoms with E-state index in [-0.39, 0.29) is 5.91 Å². The van der Waals surface area contributed by atoms with Gasteiger partial charge >= 0.3 is 0 Å². The Kier molecular flexibility index (Phi) is 4.12. The van der Waals surface area contributed by atoms with Gasteiger partial charge in [-0.25, -0.2) is 0 Å². The molecule has 0 bridgehead atoms. The Balaban J connectivity index is 2.08. The molecule has 2 aromatic rings. The van der Waals surface area contributed by atoms with Crippen LogP contribution in [0.2, 0.25) is 0 Å². The zero-order valence-corrected chi connectivity index (χ0v) is 13.6. The van der Waals surface area contributed by atoms with Gasteiger partial charge < -0.3 is 9.80 Å². The first-order valence-corrected chi connectivity index (χ1v) is 7.98. The van der Waals surface area contributed by atoms with Crippen molar-refractivity contribution in [2.24, 2.45) is 0 Å². The van der Waals surface area contributed by atoms with Crippen LogP contribution in [-0.2, 0) is 6.42 Å². The molecular formula is C18H23N3O. The van der Waals surface area contributed by atoms with Crippen LogP contribution in [0.4, 0.5) is 0 Å². The van der Waals surface area contributed by atoms with E-state index in [1.54, 1.807) is 0 Å². The molecule has 1 saturated heterocycles. The van der Waals surface area contributed by atoms with Crippen LogP contribution in [0.15, 0.2) is 24.3 Å². The lowest BCUT2D eigenvalue weighted by atomic mass is 9.99. The Labute approximate surface area is 131 Å². The van der Waals surface area contributed by atoms with E-state index in [2.05, 4.69) is 18.9 Å². The van der Waals surface area contributed by atoms with Gasteiger partial charge in [0.25, 0.3) is 5.91 Å². The fourth-order valence-electron chi connectivity index (χ4n) is 3.15. The molecule has 0 atom stereocenters. The minimum atomic E-state index is 0.152. The maximum atomic E-state index is 13.1. The highest BCUT2D eigenvalue weighted by molar-refractivity contribution is 6.07. The van der Waals surface area contributed by atoms with E-state index in [0.717, 1.165) is 60.3 Å². The van der Waals surface area contributed by atoms with Gasteiger partial charge in [-0.2, -0.15) is 0 Å². The largest absolute Gasteiger partial charge is 0.336 e. The number of carbonyl (C=O) groups is 1. The zero-order chi connectivity index (χ0) is 15.7. The van der Waals surface area contributed by atoms with Crippen LogP contribution < -0.4 is 0 Å². The van der Waals surface area contributed by atoms with Gasteiger partial charge in [0.1, 0.15) is 0 Å². The van der Waals surface area contributed by atoms with Crippen LogP contribution in [-0.4, -0.2) is 53.9 Å². The summed E-state index contributed by atoms with van der Waals surface area (Å²) in [4.78, 5) is 22.0. The third kappa shape index (κ3) is 2.59. The highest BCUT2D eigenvalue weighted by atomic mass is 16.2. The molecule has 0 radical (unpaired) electrons. The van der Waals surface area contributed by atoms with Gasteiger partial charge in [0.2, 0.25) is 0 Å². The number of para-hydroxylation sites is 1. The maximum absolute atomic E-state index is 13.1. The number of nitrogens with zero attached hydrogens (tertiary/aromatic N) is 3. The molecule has 0 saturated carbocycles. The molecule has 4 nitrogen and oxygen atoms in total. The van der Waals surface area contributed by atoms with Crippen LogP contribution in [0.25, 0.3) is 10.9 Å². The second-order valence-corrected chi connectivity index (χ2v) is 6.02. The van der Waals surface area contributed by atoms with Crippen molar-refractivity contribution < 1.29 is 4.79 Å². The summed E-state index contributed by atoms with van der Waals surface area (Å²) in [6.07, 6.45) is 0.847. The number of aryl methyl sites for hydroxylation is 1. The minimum Gasteiger partial charge on any atom is -0.336 e. The summed E-state index contributed by atoms with van der Waals surface area (Å²) in [5.74, 6) is 0.152. The lowest BCUT2D eigenvalue weighted by molar-refractivity contribution is 0.0665. The molecule has 1 aromatic heterocycles. The van der Waals surface area contributed by atoms with Gasteiger partial charge in [0.05, 0.1) is 11.1 Å². The van der Waals surface area contributed by atoms with E-state index in [9.17, 15) is 4.79 Å². The van der Waals surface area contributed by atoms with Crippen LogP contribution in [0.5, 0.6) is 0 Å². The van der Waals surface area contributed by atoms with E-state index in [1.165, 1.54) is 0 Å². The molecule has 3 rings (SSSR count). The number of aromatic nitrogens is 1. The molecule has 22 heavy (non-hydrogen) atoms. The number of amides is 1. The first-order chi connectivity index (χ1) is 10.6. The third-order valence-electron chi connectivity index (χ3n) is 4.58. The Bertz CT molecular complexity index is 703. The summed E-state index contributed by atoms with van der Waals surface area (Å²) in [6.45, 7) is 7.60. The summed E-state index contributed by atoms with van der Waals surface area (Å²) in [7, 11) is 2.10. The SMILES string of the molecule is CCc1nc2ccccc2c(C(=O)N2CCN(C)CC2)c1C. The topological polar surface area (TPSA) is 36.4 Å². The second-order valence-electron chi connectivity index (χ2n) is 6.02. The van der Waals surface area contributed by atoms with E-state index < -0.39 is 0 Å². The average Bonchev–Trinajstić information content (AvgIpc) is 2.54. The predicted octanol–water partition coefficient (Wildman–Crippen LogP) is 2.49. The molecule has 1 aliphatic heterocycles. The van der Waals surface area contributed by atoms with Gasteiger partial charge in [0, 0.05) is 37.3 Å². The molecule has 0 unspecified atom stereocenters. The number of carbonyl (C=O) groups excluding carboxylic acids is 1. The van der Waals surface area contributed by atoms with Crippen molar-refractivity contribution in [2.75, 3.05) is 33.2 Å². The van der Waals surface area contributed by atoms with Crippen LogP contribution in [0.1, 0.15) is 28.5 Å². The van der Waals surface area contributed by atoms with Crippen molar-refractivity contribution in [1.82, 2.24) is 14.8 Å². The zero-order valence-electron chi connectivity index (χ0n) is 13.6. The quantitative estimate of drug-likeness (QED) is 0.854. The first-order valence-electron chi connectivity index (χ1n) is 7.98. The van der Waals surface area contributed by atoms with Gasteiger partial charge in [-0.3, -0.25) is 9.78 Å². The maximum Gasteiger partial charge on any atom is 0.254 e. The number of fused-ring (bicyclic) bond motifs is 1. The number of hydrogen-bond donors (Lipinski definition) is 0. The van der Waals surface area contributed by atoms with E-state index in [4.69, 9.17) is 4.98 Å². The van der Waals surface area contributed by atoms with Gasteiger partial charge in [-0.15, -0.1) is 0 Å². The molecule has 116 valence electrons. The van der Waals surface area contributed by atoms with Crippen LogP contribution in [0, 0.1) is 6.92 Å². The molecule has 1 aliphatic rings. The summed E-state index contributed by atoms with van der Waals surface area (Å²) >= 11 is 0. The van der Waals surface area contributed by atoms with E-state index in [0.29, 0.717) is 0 Å². The molecule has 1 fully saturated rings. The Hall–Kier alpha value is -1.94. The van der Waals surface area contributed by atoms with Gasteiger partial charge in [-0.05, 0) is 32.0 Å². The highest BCUT2D eigenvalue weighted by Gasteiger charge is 2.24. The number of likely N-dealkylation sites (N-methyl/N-ethyl adjacent to an activating group) is 1. The van der Waals surface area contributed by atoms with Crippen LogP contribution >= 0.6 is 0 Å². The van der Waals surface area contributed by atoms with Crippen molar-refractivity contribution in [2.45, 2.75) is 20.3 Å². The Morgan fingerprint density at radius 2 is 1.86 bits per heavy atom. The highest BCUT2D eigenvalue weighted by Crippen LogP contribution is 2.25. The van der Waals surface area contributed by atoms with Crippen molar-refractivity contribution >= 4 is 16.8 Å². The predicted molar refractivity (Wildman–Crippen MR) is 89.3 cm³/mol. The monoisotopic (exact) mass is 297 g/mol. The fourth-order valence-corrected chi connectivity index (χ4v) is 3.15. The number of benzene rings is 1. The van der Waals surface area contributed by atoms with E-state index in [1.807, 2.05) is 36.1 Å². The molecule has 2 heterocycles. The third-order valence-corrected chi connectivity index (χ3v) is 4.58. The molecule has 0 spiro atoms. The normalized spacial score (nSPS) is 16.2. The fraction of sp³-hybridized carbons (Fsp3) is 0.444. The number of pyridine rings is 1. The second kappa shape index (κ2) is 6.05. The van der Waals surface area contributed by atoms with Crippen molar-refractivity contribution in [3.8, 4) is 0 Å². The number of hydrogen-bond acceptors (Lipinski definition) is 3. The summed E-state index contributed by atoms with van der Waals surface area (Å²) in [5, 5.41) is 0.973. The summed E-state index contributed by atoms with van der Waals surface area (Å²) < 4.78 is 0. The smallest absolute Gasteiger partial charge is 0.254 e. The Morgan fingerprint density at radius 1 is 1.18 bits per heavy atom. The molecule has 1 aromatic carbocycles. The summed E-state index contributed by atoms with van der Waals surface area (Å²) in [5.41, 5.74) is 3.82. The Morgan fingerprint density at radius 3 is 2.55 bits per heavy atom. The van der Waals surface area contributed by atoms with Gasteiger partial charge in [-0.1, -0.05) is 25.1 Å². The lowest BCUT2D eigenvalue weighted by Gasteiger charge is -2.33. The number of piperazine rings is 1. The first kappa shape index (κ1) is 15.0. The standard InChI is InChI=1S/C18H23N3O/c1-4-15-13(2)17(14-7-5-6-8-16(14)19-15)18(22)21-11-9-20(3)10-12-21/h5-8H,4,9-12H2,1-3H3. The minimum absolute atomic E-state index is 0.152. The molecular weight excluding hydrogens is 274 g/mol. The molecule has 4 heteroatoms. The van der Waals surface area contributed by atoms with Gasteiger partial charge in [0.15, 0.2) is 0 Å². The van der Waals surface area contributed by atoms with E-state index >= 15 is 0 Å². The average molecular weight is 297 g/mol. The van der Waals surface area contributed by atoms with Crippen molar-refractivity contribution in [3.63, 3.8) is 0 Å². The molecule has 0 aliphatic carbocycles. The summed E-state index contributed by atoms with van der Waals surface area (Å²) in [6, 6.07) is 7.97. The molecule has 1 amide bonds. The number of rotatable bonds is 2. The lowest BCUT2D eigenvalue weighted by Crippen LogP contribution is -2.47. The van der Waals surface area contributed by atoms with Crippen LogP contribution in [0.3, 0.4) is 0 Å². The molecule has 0 N–H and O–H groups in total. The van der Waals surface area contributed by atoms with Crippen molar-refractivity contribution in [1.29, 1.82) is 0 Å². The van der Waals surface area contributed by atoms with Crippen molar-refractivity contribution in [3.05, 3.63) is 41.1 Å².